The highest BCUT2D eigenvalue weighted by atomic mass is 19.4. The van der Waals surface area contributed by atoms with E-state index in [0.29, 0.717) is 11.0 Å². The number of rotatable bonds is 15. The number of hydrogen-bond acceptors (Lipinski definition) is 0. The molecule has 0 aliphatic carbocycles. The molecule has 0 aliphatic heterocycles. The number of alkyl halides is 3. The van der Waals surface area contributed by atoms with Crippen LogP contribution in [0.5, 0.6) is 0 Å². The number of para-hydroxylation sites is 1. The van der Waals surface area contributed by atoms with Crippen molar-refractivity contribution in [2.45, 2.75) is 85.2 Å². The first-order valence-electron chi connectivity index (χ1n) is 25.6. The highest BCUT2D eigenvalue weighted by Crippen LogP contribution is 2.44. The molecule has 0 unspecified atom stereocenters. The Morgan fingerprint density at radius 1 is 0.324 bits per heavy atom. The molecule has 1 heterocycles. The molecule has 0 spiro atoms. The van der Waals surface area contributed by atoms with Gasteiger partial charge in [0.15, 0.2) is 0 Å². The van der Waals surface area contributed by atoms with Gasteiger partial charge in [-0.25, -0.2) is 0 Å². The van der Waals surface area contributed by atoms with Crippen LogP contribution in [-0.4, -0.2) is 4.57 Å². The fourth-order valence-electron chi connectivity index (χ4n) is 10.9. The Morgan fingerprint density at radius 2 is 0.634 bits per heavy atom. The Morgan fingerprint density at radius 3 is 0.972 bits per heavy atom. The lowest BCUT2D eigenvalue weighted by Gasteiger charge is -2.17. The van der Waals surface area contributed by atoms with Gasteiger partial charge >= 0.3 is 6.18 Å². The number of nitrogens with zero attached hydrogens (tertiary/aromatic N) is 1. The predicted molar refractivity (Wildman–Crippen MR) is 294 cm³/mol. The van der Waals surface area contributed by atoms with E-state index in [4.69, 9.17) is 0 Å². The van der Waals surface area contributed by atoms with Gasteiger partial charge < -0.3 is 4.57 Å². The van der Waals surface area contributed by atoms with Crippen LogP contribution in [-0.2, 0) is 31.9 Å². The van der Waals surface area contributed by atoms with Crippen LogP contribution in [0.1, 0.15) is 81.2 Å². The lowest BCUT2D eigenvalue weighted by atomic mass is 9.88. The van der Waals surface area contributed by atoms with Crippen LogP contribution in [0, 0.1) is 0 Å². The highest BCUT2D eigenvalue weighted by molar-refractivity contribution is 6.12. The van der Waals surface area contributed by atoms with Crippen molar-refractivity contribution in [3.63, 3.8) is 0 Å². The Labute approximate surface area is 417 Å². The van der Waals surface area contributed by atoms with Gasteiger partial charge in [0.1, 0.15) is 0 Å². The van der Waals surface area contributed by atoms with Gasteiger partial charge in [0.05, 0.1) is 22.3 Å². The van der Waals surface area contributed by atoms with E-state index in [9.17, 15) is 0 Å². The van der Waals surface area contributed by atoms with Crippen molar-refractivity contribution < 1.29 is 13.2 Å². The Hall–Kier alpha value is -7.43. The maximum absolute atomic E-state index is 15.0. The first kappa shape index (κ1) is 47.3. The number of halogens is 3. The predicted octanol–water partition coefficient (Wildman–Crippen LogP) is 19.6. The molecule has 1 aromatic heterocycles. The molecule has 71 heavy (non-hydrogen) atoms. The molecule has 0 fully saturated rings. The lowest BCUT2D eigenvalue weighted by molar-refractivity contribution is -0.137. The first-order valence-corrected chi connectivity index (χ1v) is 25.6. The van der Waals surface area contributed by atoms with Gasteiger partial charge in [-0.3, -0.25) is 0 Å². The van der Waals surface area contributed by atoms with E-state index >= 15 is 13.2 Å². The minimum Gasteiger partial charge on any atom is -0.309 e. The third kappa shape index (κ3) is 9.48. The average Bonchev–Trinajstić information content (AvgIpc) is 3.72. The topological polar surface area (TPSA) is 4.93 Å². The Kier molecular flexibility index (Phi) is 13.6. The Balaban J connectivity index is 1.24. The summed E-state index contributed by atoms with van der Waals surface area (Å²) >= 11 is 0. The van der Waals surface area contributed by atoms with E-state index < -0.39 is 11.7 Å². The molecule has 0 saturated heterocycles. The number of hydrogen-bond donors (Lipinski definition) is 0. The second-order valence-corrected chi connectivity index (χ2v) is 19.0. The van der Waals surface area contributed by atoms with Gasteiger partial charge in [-0.1, -0.05) is 175 Å². The van der Waals surface area contributed by atoms with Crippen molar-refractivity contribution >= 4 is 21.8 Å². The van der Waals surface area contributed by atoms with Crippen LogP contribution < -0.4 is 0 Å². The third-order valence-corrected chi connectivity index (χ3v) is 14.1. The quantitative estimate of drug-likeness (QED) is 0.0965. The van der Waals surface area contributed by atoms with E-state index in [1.807, 2.05) is 16.7 Å². The standard InChI is InChI=1S/C67H60F3N/c1-5-19-45-23-9-13-27-57(45)53-37-51(38-54(41-53)58-28-14-10-24-46(58)20-6-2)49-33-35-64-61(43-49)62-44-50(34-36-65(62)71(64)66-32-18-17-31-63(66)67(68,69)70)52-39-55(59-29-15-11-25-47(59)21-7-3)42-56(40-52)60-30-16-12-26-48(60)22-8-4/h9-18,23-44H,5-8,19-22H2,1-4H3. The van der Waals surface area contributed by atoms with Crippen molar-refractivity contribution in [1.82, 2.24) is 4.57 Å². The molecule has 0 saturated carbocycles. The Bertz CT molecular complexity index is 3190. The van der Waals surface area contributed by atoms with E-state index in [1.165, 1.54) is 56.6 Å². The summed E-state index contributed by atoms with van der Waals surface area (Å²) in [4.78, 5) is 0. The maximum atomic E-state index is 15.0. The molecule has 4 heteroatoms. The number of aryl methyl sites for hydroxylation is 4. The zero-order chi connectivity index (χ0) is 49.1. The fourth-order valence-corrected chi connectivity index (χ4v) is 10.9. The van der Waals surface area contributed by atoms with Gasteiger partial charge in [-0.05, 0) is 187 Å². The molecule has 0 N–H and O–H groups in total. The summed E-state index contributed by atoms with van der Waals surface area (Å²) in [5.74, 6) is 0. The van der Waals surface area contributed by atoms with Crippen LogP contribution in [0.15, 0.2) is 194 Å². The summed E-state index contributed by atoms with van der Waals surface area (Å²) in [6, 6.07) is 67.3. The molecule has 10 aromatic rings. The van der Waals surface area contributed by atoms with Crippen LogP contribution in [0.4, 0.5) is 13.2 Å². The van der Waals surface area contributed by atoms with Crippen molar-refractivity contribution in [2.24, 2.45) is 0 Å². The monoisotopic (exact) mass is 935 g/mol. The van der Waals surface area contributed by atoms with E-state index in [0.717, 1.165) is 107 Å². The molecule has 354 valence electrons. The average molecular weight is 936 g/mol. The number of aromatic nitrogens is 1. The SMILES string of the molecule is CCCc1ccccc1-c1cc(-c2ccc3c(c2)c2cc(-c4cc(-c5ccccc5CCC)cc(-c5ccccc5CCC)c4)ccc2n3-c2ccccc2C(F)(F)F)cc(-c2ccccc2CCC)c1. The highest BCUT2D eigenvalue weighted by Gasteiger charge is 2.34. The molecule has 0 aliphatic rings. The van der Waals surface area contributed by atoms with E-state index in [1.54, 1.807) is 12.1 Å². The molecular weight excluding hydrogens is 876 g/mol. The van der Waals surface area contributed by atoms with Gasteiger partial charge in [0.2, 0.25) is 0 Å². The van der Waals surface area contributed by atoms with Gasteiger partial charge in [0.25, 0.3) is 0 Å². The van der Waals surface area contributed by atoms with Crippen molar-refractivity contribution in [2.75, 3.05) is 0 Å². The van der Waals surface area contributed by atoms with Crippen LogP contribution in [0.3, 0.4) is 0 Å². The second-order valence-electron chi connectivity index (χ2n) is 19.0. The molecular formula is C67H60F3N. The van der Waals surface area contributed by atoms with Gasteiger partial charge in [-0.2, -0.15) is 13.2 Å². The molecule has 0 atom stereocenters. The van der Waals surface area contributed by atoms with E-state index in [-0.39, 0.29) is 5.69 Å². The maximum Gasteiger partial charge on any atom is 0.418 e. The summed E-state index contributed by atoms with van der Waals surface area (Å²) in [6.45, 7) is 8.88. The molecule has 0 radical (unpaired) electrons. The number of benzene rings is 9. The largest absolute Gasteiger partial charge is 0.418 e. The molecule has 9 aromatic carbocycles. The molecule has 0 amide bonds. The lowest BCUT2D eigenvalue weighted by Crippen LogP contribution is -2.10. The summed E-state index contributed by atoms with van der Waals surface area (Å²) < 4.78 is 46.9. The van der Waals surface area contributed by atoms with Crippen molar-refractivity contribution in [3.8, 4) is 72.4 Å². The van der Waals surface area contributed by atoms with Crippen LogP contribution >= 0.6 is 0 Å². The summed E-state index contributed by atoms with van der Waals surface area (Å²) in [5, 5.41) is 1.78. The molecule has 0 bridgehead atoms. The normalized spacial score (nSPS) is 11.8. The van der Waals surface area contributed by atoms with E-state index in [2.05, 4.69) is 185 Å². The molecule has 10 rings (SSSR count). The smallest absolute Gasteiger partial charge is 0.309 e. The van der Waals surface area contributed by atoms with Crippen LogP contribution in [0.25, 0.3) is 94.3 Å². The van der Waals surface area contributed by atoms with Crippen molar-refractivity contribution in [3.05, 3.63) is 222 Å². The van der Waals surface area contributed by atoms with Gasteiger partial charge in [-0.15, -0.1) is 0 Å². The fraction of sp³-hybridized carbons (Fsp3) is 0.194. The number of fused-ring (bicyclic) bond motifs is 3. The summed E-state index contributed by atoms with van der Waals surface area (Å²) in [7, 11) is 0. The third-order valence-electron chi connectivity index (χ3n) is 14.1. The zero-order valence-electron chi connectivity index (χ0n) is 41.2. The van der Waals surface area contributed by atoms with Crippen molar-refractivity contribution in [1.29, 1.82) is 0 Å². The van der Waals surface area contributed by atoms with Gasteiger partial charge in [0, 0.05) is 10.8 Å². The second kappa shape index (κ2) is 20.5. The molecule has 1 nitrogen and oxygen atoms in total. The minimum atomic E-state index is -4.56. The minimum absolute atomic E-state index is 0.106. The van der Waals surface area contributed by atoms with Crippen LogP contribution in [0.2, 0.25) is 0 Å². The summed E-state index contributed by atoms with van der Waals surface area (Å²) in [6.07, 6.45) is 3.45. The zero-order valence-corrected chi connectivity index (χ0v) is 41.2. The summed E-state index contributed by atoms with van der Waals surface area (Å²) in [5.41, 5.74) is 19.7. The first-order chi connectivity index (χ1) is 34.7.